The molecule has 2 rings (SSSR count). The van der Waals surface area contributed by atoms with Gasteiger partial charge in [-0.15, -0.1) is 0 Å². The molecule has 5 nitrogen and oxygen atoms in total. The van der Waals surface area contributed by atoms with E-state index in [0.717, 1.165) is 18.2 Å². The average molecular weight is 300 g/mol. The fourth-order valence-corrected chi connectivity index (χ4v) is 1.84. The third-order valence-electron chi connectivity index (χ3n) is 2.64. The molecule has 0 aliphatic heterocycles. The lowest BCUT2D eigenvalue weighted by molar-refractivity contribution is -0.384. The Balaban J connectivity index is 2.72. The Morgan fingerprint density at radius 1 is 1.29 bits per heavy atom. The molecule has 0 radical (unpaired) electrons. The highest BCUT2D eigenvalue weighted by Crippen LogP contribution is 2.37. The van der Waals surface area contributed by atoms with E-state index in [4.69, 9.17) is 4.74 Å². The van der Waals surface area contributed by atoms with Gasteiger partial charge in [0.1, 0.15) is 0 Å². The maximum absolute atomic E-state index is 13.1. The zero-order chi connectivity index (χ0) is 15.8. The maximum atomic E-state index is 13.1. The summed E-state index contributed by atoms with van der Waals surface area (Å²) >= 11 is 0. The summed E-state index contributed by atoms with van der Waals surface area (Å²) in [6, 6.07) is 3.90. The molecule has 0 atom stereocenters. The summed E-state index contributed by atoms with van der Waals surface area (Å²) in [7, 11) is 0. The van der Waals surface area contributed by atoms with Gasteiger partial charge in [0.25, 0.3) is 5.69 Å². The quantitative estimate of drug-likeness (QED) is 0.636. The van der Waals surface area contributed by atoms with Crippen LogP contribution in [0.25, 0.3) is 10.9 Å². The molecule has 0 bridgehead atoms. The first-order valence-electron chi connectivity index (χ1n) is 6.01. The minimum Gasteiger partial charge on any atom is -0.475 e. The van der Waals surface area contributed by atoms with E-state index in [1.165, 1.54) is 6.07 Å². The molecular formula is C13H11F3N2O3. The fourth-order valence-electron chi connectivity index (χ4n) is 1.84. The number of rotatable bonds is 3. The van der Waals surface area contributed by atoms with Crippen LogP contribution >= 0.6 is 0 Å². The normalized spacial score (nSPS) is 11.9. The minimum atomic E-state index is -4.66. The van der Waals surface area contributed by atoms with Crippen LogP contribution in [0.4, 0.5) is 18.9 Å². The summed E-state index contributed by atoms with van der Waals surface area (Å²) in [5.41, 5.74) is -1.44. The number of aromatic nitrogens is 1. The molecule has 0 saturated carbocycles. The van der Waals surface area contributed by atoms with Crippen LogP contribution < -0.4 is 4.74 Å². The highest BCUT2D eigenvalue weighted by Gasteiger charge is 2.34. The molecule has 0 aliphatic rings. The van der Waals surface area contributed by atoms with E-state index < -0.39 is 22.4 Å². The molecule has 0 N–H and O–H groups in total. The number of benzene rings is 1. The zero-order valence-corrected chi connectivity index (χ0v) is 11.1. The van der Waals surface area contributed by atoms with Gasteiger partial charge in [-0.2, -0.15) is 13.2 Å². The largest absolute Gasteiger partial charge is 0.475 e. The van der Waals surface area contributed by atoms with Crippen LogP contribution in [0.5, 0.6) is 5.88 Å². The van der Waals surface area contributed by atoms with E-state index in [2.05, 4.69) is 4.98 Å². The predicted molar refractivity (Wildman–Crippen MR) is 69.2 cm³/mol. The number of nitrogens with zero attached hydrogens (tertiary/aromatic N) is 2. The minimum absolute atomic E-state index is 0.00826. The molecule has 0 unspecified atom stereocenters. The zero-order valence-electron chi connectivity index (χ0n) is 11.1. The van der Waals surface area contributed by atoms with E-state index in [-0.39, 0.29) is 22.9 Å². The van der Waals surface area contributed by atoms with Crippen molar-refractivity contribution in [2.75, 3.05) is 0 Å². The van der Waals surface area contributed by atoms with Crippen molar-refractivity contribution in [1.29, 1.82) is 0 Å². The second-order valence-corrected chi connectivity index (χ2v) is 4.63. The van der Waals surface area contributed by atoms with E-state index in [1.54, 1.807) is 13.8 Å². The first-order chi connectivity index (χ1) is 9.68. The number of pyridine rings is 1. The number of nitro benzene ring substituents is 1. The molecule has 1 aromatic carbocycles. The van der Waals surface area contributed by atoms with Crippen LogP contribution in [0.1, 0.15) is 19.4 Å². The number of non-ortho nitro benzene ring substituents is 1. The molecule has 1 aromatic heterocycles. The molecule has 0 spiro atoms. The molecule has 1 heterocycles. The fraction of sp³-hybridized carbons (Fsp3) is 0.308. The maximum Gasteiger partial charge on any atom is 0.417 e. The molecule has 0 amide bonds. The molecule has 8 heteroatoms. The van der Waals surface area contributed by atoms with Gasteiger partial charge >= 0.3 is 6.18 Å². The Kier molecular flexibility index (Phi) is 3.71. The van der Waals surface area contributed by atoms with E-state index in [1.807, 2.05) is 0 Å². The first-order valence-corrected chi connectivity index (χ1v) is 6.01. The molecule has 21 heavy (non-hydrogen) atoms. The van der Waals surface area contributed by atoms with Gasteiger partial charge in [-0.1, -0.05) is 0 Å². The van der Waals surface area contributed by atoms with Crippen molar-refractivity contribution in [3.63, 3.8) is 0 Å². The van der Waals surface area contributed by atoms with E-state index >= 15 is 0 Å². The van der Waals surface area contributed by atoms with E-state index in [0.29, 0.717) is 0 Å². The first kappa shape index (κ1) is 15.0. The van der Waals surface area contributed by atoms with Crippen molar-refractivity contribution in [3.05, 3.63) is 39.9 Å². The number of hydrogen-bond acceptors (Lipinski definition) is 4. The number of ether oxygens (including phenoxy) is 1. The Morgan fingerprint density at radius 3 is 2.48 bits per heavy atom. The molecule has 0 aliphatic carbocycles. The van der Waals surface area contributed by atoms with Gasteiger partial charge in [0, 0.05) is 23.6 Å². The summed E-state index contributed by atoms with van der Waals surface area (Å²) in [5.74, 6) is -0.168. The van der Waals surface area contributed by atoms with Gasteiger partial charge in [0.05, 0.1) is 22.1 Å². The van der Waals surface area contributed by atoms with Crippen molar-refractivity contribution in [1.82, 2.24) is 4.98 Å². The van der Waals surface area contributed by atoms with Gasteiger partial charge in [-0.25, -0.2) is 4.98 Å². The van der Waals surface area contributed by atoms with Crippen LogP contribution in [-0.4, -0.2) is 16.0 Å². The van der Waals surface area contributed by atoms with Gasteiger partial charge < -0.3 is 4.74 Å². The second kappa shape index (κ2) is 5.19. The third-order valence-corrected chi connectivity index (χ3v) is 2.64. The van der Waals surface area contributed by atoms with Crippen LogP contribution in [0, 0.1) is 10.1 Å². The summed E-state index contributed by atoms with van der Waals surface area (Å²) in [4.78, 5) is 13.9. The standard InChI is InChI=1S/C13H11F3N2O3/c1-7(2)21-12-6-10(13(14,15)16)9-5-8(18(19)20)3-4-11(9)17-12/h3-7H,1-2H3. The number of nitro groups is 1. The molecule has 0 saturated heterocycles. The summed E-state index contributed by atoms with van der Waals surface area (Å²) < 4.78 is 44.5. The number of hydrogen-bond donors (Lipinski definition) is 0. The molecule has 112 valence electrons. The summed E-state index contributed by atoms with van der Waals surface area (Å²) in [6.07, 6.45) is -5.00. The van der Waals surface area contributed by atoms with Crippen molar-refractivity contribution in [2.45, 2.75) is 26.1 Å². The lowest BCUT2D eigenvalue weighted by Gasteiger charge is -2.14. The third kappa shape index (κ3) is 3.21. The average Bonchev–Trinajstić information content (AvgIpc) is 2.35. The van der Waals surface area contributed by atoms with Crippen molar-refractivity contribution >= 4 is 16.6 Å². The SMILES string of the molecule is CC(C)Oc1cc(C(F)(F)F)c2cc([N+](=O)[O-])ccc2n1. The Labute approximate surface area is 117 Å². The van der Waals surface area contributed by atoms with Gasteiger partial charge in [0.15, 0.2) is 0 Å². The Hall–Kier alpha value is -2.38. The summed E-state index contributed by atoms with van der Waals surface area (Å²) in [5, 5.41) is 10.4. The molecule has 2 aromatic rings. The van der Waals surface area contributed by atoms with Crippen LogP contribution in [0.2, 0.25) is 0 Å². The molecular weight excluding hydrogens is 289 g/mol. The number of alkyl halides is 3. The van der Waals surface area contributed by atoms with Gasteiger partial charge in [-0.3, -0.25) is 10.1 Å². The van der Waals surface area contributed by atoms with E-state index in [9.17, 15) is 23.3 Å². The number of halogens is 3. The second-order valence-electron chi connectivity index (χ2n) is 4.63. The lowest BCUT2D eigenvalue weighted by Crippen LogP contribution is -2.11. The van der Waals surface area contributed by atoms with Crippen LogP contribution in [-0.2, 0) is 6.18 Å². The topological polar surface area (TPSA) is 65.3 Å². The lowest BCUT2D eigenvalue weighted by atomic mass is 10.1. The Morgan fingerprint density at radius 2 is 1.95 bits per heavy atom. The van der Waals surface area contributed by atoms with Gasteiger partial charge in [0.2, 0.25) is 5.88 Å². The van der Waals surface area contributed by atoms with Gasteiger partial charge in [-0.05, 0) is 19.9 Å². The predicted octanol–water partition coefficient (Wildman–Crippen LogP) is 3.95. The Bertz CT molecular complexity index is 699. The molecule has 0 fully saturated rings. The van der Waals surface area contributed by atoms with Crippen LogP contribution in [0.15, 0.2) is 24.3 Å². The summed E-state index contributed by atoms with van der Waals surface area (Å²) in [6.45, 7) is 3.32. The van der Waals surface area contributed by atoms with Crippen molar-refractivity contribution < 1.29 is 22.8 Å². The van der Waals surface area contributed by atoms with Crippen LogP contribution in [0.3, 0.4) is 0 Å². The smallest absolute Gasteiger partial charge is 0.417 e. The van der Waals surface area contributed by atoms with Crippen molar-refractivity contribution in [3.8, 4) is 5.88 Å². The number of fused-ring (bicyclic) bond motifs is 1. The highest BCUT2D eigenvalue weighted by molar-refractivity contribution is 5.85. The highest BCUT2D eigenvalue weighted by atomic mass is 19.4. The monoisotopic (exact) mass is 300 g/mol. The van der Waals surface area contributed by atoms with Crippen molar-refractivity contribution in [2.24, 2.45) is 0 Å².